The van der Waals surface area contributed by atoms with Crippen LogP contribution in [0, 0.1) is 0 Å². The molecule has 0 radical (unpaired) electrons. The van der Waals surface area contributed by atoms with Gasteiger partial charge in [0.25, 0.3) is 0 Å². The maximum Gasteiger partial charge on any atom is 0.471 e. The molecule has 2 nitrogen and oxygen atoms in total. The van der Waals surface area contributed by atoms with Crippen molar-refractivity contribution in [3.8, 4) is 0 Å². The molecule has 0 aliphatic heterocycles. The van der Waals surface area contributed by atoms with E-state index in [1.165, 1.54) is 0 Å². The Bertz CT molecular complexity index is 221. The van der Waals surface area contributed by atoms with Crippen LogP contribution in [0.3, 0.4) is 0 Å². The van der Waals surface area contributed by atoms with Crippen LogP contribution in [0.15, 0.2) is 12.3 Å². The van der Waals surface area contributed by atoms with Crippen LogP contribution in [0.2, 0.25) is 0 Å². The average Bonchev–Trinajstić information content (AvgIpc) is 2.16. The molecule has 0 spiro atoms. The smallest absolute Gasteiger partial charge is 0.375 e. The second-order valence-electron chi connectivity index (χ2n) is 5.22. The van der Waals surface area contributed by atoms with Crippen LogP contribution >= 0.6 is 11.1 Å². The molecule has 0 atom stereocenters. The second-order valence-corrected chi connectivity index (χ2v) is 8.78. The molecule has 0 aromatic heterocycles. The summed E-state index contributed by atoms with van der Waals surface area (Å²) in [6.45, 7) is 16.0. The lowest BCUT2D eigenvalue weighted by Crippen LogP contribution is -2.47. The van der Waals surface area contributed by atoms with Gasteiger partial charge in [0.2, 0.25) is 0 Å². The molecule has 4 heteroatoms. The molecular weight excluding hydrogens is 240 g/mol. The van der Waals surface area contributed by atoms with E-state index in [4.69, 9.17) is 19.9 Å². The average molecular weight is 265 g/mol. The number of hydrogen-bond donors (Lipinski definition) is 0. The normalized spacial score (nSPS) is 13.9. The zero-order valence-corrected chi connectivity index (χ0v) is 13.1. The van der Waals surface area contributed by atoms with Crippen LogP contribution in [0.1, 0.15) is 54.4 Å². The summed E-state index contributed by atoms with van der Waals surface area (Å²) in [4.78, 5) is 0. The van der Waals surface area contributed by atoms with Gasteiger partial charge in [-0.1, -0.05) is 24.9 Å². The Morgan fingerprint density at radius 1 is 1.06 bits per heavy atom. The minimum atomic E-state index is -2.80. The van der Waals surface area contributed by atoms with Crippen LogP contribution in [0.25, 0.3) is 0 Å². The van der Waals surface area contributed by atoms with Gasteiger partial charge in [0.15, 0.2) is 0 Å². The standard InChI is InChI=1S/C12H25ClO2Si/c1-8-11(4,5)14-16(13,10-3)15-12(6,7)9-2/h10H,3,8-9H2,1-2,4-7H3. The van der Waals surface area contributed by atoms with Crippen LogP contribution in [0.4, 0.5) is 0 Å². The summed E-state index contributed by atoms with van der Waals surface area (Å²) < 4.78 is 11.9. The molecule has 96 valence electrons. The van der Waals surface area contributed by atoms with Crippen LogP contribution in [-0.2, 0) is 8.85 Å². The minimum absolute atomic E-state index is 0.272. The molecule has 0 rings (SSSR count). The van der Waals surface area contributed by atoms with Crippen LogP contribution in [-0.4, -0.2) is 19.1 Å². The van der Waals surface area contributed by atoms with E-state index >= 15 is 0 Å². The van der Waals surface area contributed by atoms with Gasteiger partial charge < -0.3 is 8.85 Å². The van der Waals surface area contributed by atoms with Crippen molar-refractivity contribution in [2.24, 2.45) is 0 Å². The molecule has 0 fully saturated rings. The fourth-order valence-electron chi connectivity index (χ4n) is 1.00. The Morgan fingerprint density at radius 2 is 1.38 bits per heavy atom. The first-order valence-electron chi connectivity index (χ1n) is 5.82. The highest BCUT2D eigenvalue weighted by molar-refractivity contribution is 7.15. The van der Waals surface area contributed by atoms with Gasteiger partial charge in [0, 0.05) is 0 Å². The van der Waals surface area contributed by atoms with E-state index in [-0.39, 0.29) is 11.2 Å². The Labute approximate surface area is 106 Å². The first kappa shape index (κ1) is 16.2. The highest BCUT2D eigenvalue weighted by Crippen LogP contribution is 2.30. The molecule has 0 aliphatic rings. The SMILES string of the molecule is C=C[Si](Cl)(OC(C)(C)CC)OC(C)(C)CC. The minimum Gasteiger partial charge on any atom is -0.375 e. The lowest BCUT2D eigenvalue weighted by Gasteiger charge is -2.37. The number of hydrogen-bond acceptors (Lipinski definition) is 2. The van der Waals surface area contributed by atoms with Gasteiger partial charge in [-0.25, -0.2) is 0 Å². The molecule has 0 aromatic rings. The van der Waals surface area contributed by atoms with Crippen molar-refractivity contribution in [1.82, 2.24) is 0 Å². The first-order valence-corrected chi connectivity index (χ1v) is 8.73. The van der Waals surface area contributed by atoms with E-state index in [1.807, 2.05) is 27.7 Å². The topological polar surface area (TPSA) is 18.5 Å². The summed E-state index contributed by atoms with van der Waals surface area (Å²) in [5, 5.41) is 0. The molecule has 0 aromatic carbocycles. The maximum absolute atomic E-state index is 6.43. The third kappa shape index (κ3) is 5.48. The predicted octanol–water partition coefficient (Wildman–Crippen LogP) is 4.30. The monoisotopic (exact) mass is 264 g/mol. The van der Waals surface area contributed by atoms with Gasteiger partial charge in [-0.15, -0.1) is 6.58 Å². The molecule has 0 amide bonds. The molecular formula is C12H25ClO2Si. The van der Waals surface area contributed by atoms with Crippen LogP contribution < -0.4 is 0 Å². The van der Waals surface area contributed by atoms with Crippen molar-refractivity contribution >= 4 is 18.9 Å². The Morgan fingerprint density at radius 3 is 1.56 bits per heavy atom. The zero-order valence-electron chi connectivity index (χ0n) is 11.4. The van der Waals surface area contributed by atoms with Gasteiger partial charge in [0.05, 0.1) is 11.2 Å². The van der Waals surface area contributed by atoms with Crippen molar-refractivity contribution in [3.63, 3.8) is 0 Å². The van der Waals surface area contributed by atoms with Crippen molar-refractivity contribution in [1.29, 1.82) is 0 Å². The number of rotatable bonds is 7. The Hall–Kier alpha value is 0.167. The predicted molar refractivity (Wildman–Crippen MR) is 72.7 cm³/mol. The molecule has 0 bridgehead atoms. The summed E-state index contributed by atoms with van der Waals surface area (Å²) in [7, 11) is -2.80. The van der Waals surface area contributed by atoms with Gasteiger partial charge in [0.1, 0.15) is 0 Å². The third-order valence-electron chi connectivity index (χ3n) is 2.78. The molecule has 0 saturated carbocycles. The lowest BCUT2D eigenvalue weighted by molar-refractivity contribution is 0.0129. The van der Waals surface area contributed by atoms with Crippen molar-refractivity contribution in [2.75, 3.05) is 0 Å². The fourth-order valence-corrected chi connectivity index (χ4v) is 4.26. The van der Waals surface area contributed by atoms with Crippen molar-refractivity contribution < 1.29 is 8.85 Å². The van der Waals surface area contributed by atoms with E-state index in [1.54, 1.807) is 5.70 Å². The molecule has 0 saturated heterocycles. The van der Waals surface area contributed by atoms with Crippen LogP contribution in [0.5, 0.6) is 0 Å². The summed E-state index contributed by atoms with van der Waals surface area (Å²) in [5.74, 6) is 0. The molecule has 16 heavy (non-hydrogen) atoms. The van der Waals surface area contributed by atoms with Crippen molar-refractivity contribution in [3.05, 3.63) is 12.3 Å². The van der Waals surface area contributed by atoms with Crippen molar-refractivity contribution in [2.45, 2.75) is 65.6 Å². The van der Waals surface area contributed by atoms with E-state index in [0.29, 0.717) is 0 Å². The summed E-state index contributed by atoms with van der Waals surface area (Å²) in [6.07, 6.45) is 1.77. The molecule has 0 N–H and O–H groups in total. The highest BCUT2D eigenvalue weighted by atomic mass is 35.6. The summed E-state index contributed by atoms with van der Waals surface area (Å²) >= 11 is 6.43. The summed E-state index contributed by atoms with van der Waals surface area (Å²) in [5.41, 5.74) is 1.10. The Kier molecular flexibility index (Phi) is 5.73. The zero-order chi connectivity index (χ0) is 13.0. The van der Waals surface area contributed by atoms with Gasteiger partial charge in [-0.3, -0.25) is 0 Å². The third-order valence-corrected chi connectivity index (χ3v) is 5.85. The lowest BCUT2D eigenvalue weighted by atomic mass is 10.1. The molecule has 0 heterocycles. The van der Waals surface area contributed by atoms with Gasteiger partial charge in [-0.2, -0.15) is 0 Å². The molecule has 0 aliphatic carbocycles. The quantitative estimate of drug-likeness (QED) is 0.504. The van der Waals surface area contributed by atoms with E-state index in [9.17, 15) is 0 Å². The summed E-state index contributed by atoms with van der Waals surface area (Å²) in [6, 6.07) is 0. The highest BCUT2D eigenvalue weighted by Gasteiger charge is 2.42. The first-order chi connectivity index (χ1) is 7.10. The maximum atomic E-state index is 6.43. The van der Waals surface area contributed by atoms with E-state index < -0.39 is 7.87 Å². The Balaban J connectivity index is 4.73. The second kappa shape index (κ2) is 5.67. The van der Waals surface area contributed by atoms with E-state index in [0.717, 1.165) is 12.8 Å². The van der Waals surface area contributed by atoms with E-state index in [2.05, 4.69) is 20.4 Å². The van der Waals surface area contributed by atoms with Gasteiger partial charge >= 0.3 is 7.87 Å². The van der Waals surface area contributed by atoms with Gasteiger partial charge in [-0.05, 0) is 46.2 Å². The molecule has 0 unspecified atom stereocenters. The fraction of sp³-hybridized carbons (Fsp3) is 0.833. The number of halogens is 1. The largest absolute Gasteiger partial charge is 0.471 e.